The third kappa shape index (κ3) is 4.47. The van der Waals surface area contributed by atoms with Crippen molar-refractivity contribution in [2.75, 3.05) is 6.61 Å². The quantitative estimate of drug-likeness (QED) is 0.355. The Morgan fingerprint density at radius 3 is 2.56 bits per heavy atom. The van der Waals surface area contributed by atoms with Gasteiger partial charge in [-0.25, -0.2) is 4.98 Å². The van der Waals surface area contributed by atoms with Crippen molar-refractivity contribution in [3.8, 4) is 23.1 Å². The first kappa shape index (κ1) is 17.6. The number of aromatic nitrogens is 1. The van der Waals surface area contributed by atoms with Crippen molar-refractivity contribution < 1.29 is 4.74 Å². The zero-order chi connectivity index (χ0) is 17.6. The zero-order valence-corrected chi connectivity index (χ0v) is 16.5. The Balaban J connectivity index is 1.86. The summed E-state index contributed by atoms with van der Waals surface area (Å²) in [5, 5.41) is 12.2. The minimum atomic E-state index is 0.573. The van der Waals surface area contributed by atoms with Crippen molar-refractivity contribution >= 4 is 45.6 Å². The van der Waals surface area contributed by atoms with Crippen LogP contribution in [0.1, 0.15) is 17.5 Å². The summed E-state index contributed by atoms with van der Waals surface area (Å²) < 4.78 is 6.63. The maximum atomic E-state index is 9.50. The lowest BCUT2D eigenvalue weighted by atomic mass is 10.1. The Morgan fingerprint density at radius 1 is 1.20 bits per heavy atom. The van der Waals surface area contributed by atoms with Gasteiger partial charge in [-0.15, -0.1) is 11.3 Å². The number of allylic oxidation sites excluding steroid dienone is 1. The molecule has 1 aromatic heterocycles. The van der Waals surface area contributed by atoms with Gasteiger partial charge in [0.25, 0.3) is 0 Å². The van der Waals surface area contributed by atoms with E-state index in [1.807, 2.05) is 66.9 Å². The second kappa shape index (κ2) is 8.28. The van der Waals surface area contributed by atoms with Crippen molar-refractivity contribution in [2.45, 2.75) is 6.92 Å². The molecule has 5 heteroatoms. The molecule has 0 unspecified atom stereocenters. The molecule has 1 heterocycles. The molecule has 0 saturated heterocycles. The Morgan fingerprint density at radius 2 is 1.92 bits per heavy atom. The van der Waals surface area contributed by atoms with Gasteiger partial charge in [-0.2, -0.15) is 5.26 Å². The number of hydrogen-bond acceptors (Lipinski definition) is 4. The maximum Gasteiger partial charge on any atom is 0.134 e. The second-order valence-corrected chi connectivity index (χ2v) is 7.32. The smallest absolute Gasteiger partial charge is 0.134 e. The van der Waals surface area contributed by atoms with Gasteiger partial charge in [0, 0.05) is 14.5 Å². The van der Waals surface area contributed by atoms with Gasteiger partial charge in [0.05, 0.1) is 17.9 Å². The van der Waals surface area contributed by atoms with Gasteiger partial charge in [-0.05, 0) is 77.6 Å². The number of nitriles is 1. The van der Waals surface area contributed by atoms with E-state index in [0.717, 1.165) is 27.6 Å². The van der Waals surface area contributed by atoms with Gasteiger partial charge in [0.2, 0.25) is 0 Å². The molecule has 3 rings (SSSR count). The summed E-state index contributed by atoms with van der Waals surface area (Å²) in [5.41, 5.74) is 3.45. The SMILES string of the molecule is CCOc1ccc(-c2csc(C(C#N)=Cc3ccc(I)cc3)n2)cc1. The first-order valence-electron chi connectivity index (χ1n) is 7.76. The first-order chi connectivity index (χ1) is 12.2. The summed E-state index contributed by atoms with van der Waals surface area (Å²) in [7, 11) is 0. The first-order valence-corrected chi connectivity index (χ1v) is 9.72. The number of thiazole rings is 1. The lowest BCUT2D eigenvalue weighted by molar-refractivity contribution is 0.340. The molecular weight excluding hydrogens is 443 g/mol. The van der Waals surface area contributed by atoms with Crippen LogP contribution in [0.3, 0.4) is 0 Å². The molecule has 0 atom stereocenters. The molecular formula is C20H15IN2OS. The summed E-state index contributed by atoms with van der Waals surface area (Å²) >= 11 is 3.74. The summed E-state index contributed by atoms with van der Waals surface area (Å²) in [4.78, 5) is 4.63. The minimum absolute atomic E-state index is 0.573. The number of nitrogens with zero attached hydrogens (tertiary/aromatic N) is 2. The summed E-state index contributed by atoms with van der Waals surface area (Å²) in [6, 6.07) is 18.1. The van der Waals surface area contributed by atoms with Crippen LogP contribution in [0.5, 0.6) is 5.75 Å². The van der Waals surface area contributed by atoms with E-state index >= 15 is 0 Å². The van der Waals surface area contributed by atoms with E-state index in [4.69, 9.17) is 4.74 Å². The van der Waals surface area contributed by atoms with Crippen LogP contribution >= 0.6 is 33.9 Å². The van der Waals surface area contributed by atoms with Crippen molar-refractivity contribution in [1.29, 1.82) is 5.26 Å². The van der Waals surface area contributed by atoms with Crippen LogP contribution in [0.15, 0.2) is 53.9 Å². The number of ether oxygens (including phenoxy) is 1. The number of benzene rings is 2. The van der Waals surface area contributed by atoms with Crippen molar-refractivity contribution in [3.05, 3.63) is 68.1 Å². The average molecular weight is 458 g/mol. The molecule has 0 saturated carbocycles. The Hall–Kier alpha value is -2.17. The van der Waals surface area contributed by atoms with Crippen LogP contribution in [-0.4, -0.2) is 11.6 Å². The number of rotatable bonds is 5. The van der Waals surface area contributed by atoms with Gasteiger partial charge >= 0.3 is 0 Å². The predicted molar refractivity (Wildman–Crippen MR) is 111 cm³/mol. The van der Waals surface area contributed by atoms with Gasteiger partial charge in [0.1, 0.15) is 16.8 Å². The van der Waals surface area contributed by atoms with Gasteiger partial charge in [0.15, 0.2) is 0 Å². The van der Waals surface area contributed by atoms with Crippen molar-refractivity contribution in [1.82, 2.24) is 4.98 Å². The molecule has 2 aromatic carbocycles. The molecule has 0 aliphatic carbocycles. The maximum absolute atomic E-state index is 9.50. The molecule has 0 N–H and O–H groups in total. The monoisotopic (exact) mass is 458 g/mol. The van der Waals surface area contributed by atoms with Crippen LogP contribution in [0.2, 0.25) is 0 Å². The van der Waals surface area contributed by atoms with E-state index in [2.05, 4.69) is 33.6 Å². The standard InChI is InChI=1S/C20H15IN2OS/c1-2-24-18-9-5-15(6-10-18)19-13-25-20(23-19)16(12-22)11-14-3-7-17(21)8-4-14/h3-11,13H,2H2,1H3. The lowest BCUT2D eigenvalue weighted by Gasteiger charge is -2.03. The molecule has 124 valence electrons. The average Bonchev–Trinajstić information content (AvgIpc) is 3.12. The fraction of sp³-hybridized carbons (Fsp3) is 0.100. The normalized spacial score (nSPS) is 11.2. The van der Waals surface area contributed by atoms with Gasteiger partial charge in [-0.1, -0.05) is 12.1 Å². The van der Waals surface area contributed by atoms with Gasteiger partial charge < -0.3 is 4.74 Å². The molecule has 0 aliphatic rings. The molecule has 25 heavy (non-hydrogen) atoms. The second-order valence-electron chi connectivity index (χ2n) is 5.22. The minimum Gasteiger partial charge on any atom is -0.494 e. The lowest BCUT2D eigenvalue weighted by Crippen LogP contribution is -1.90. The van der Waals surface area contributed by atoms with Crippen LogP contribution in [0.4, 0.5) is 0 Å². The van der Waals surface area contributed by atoms with E-state index in [1.165, 1.54) is 14.9 Å². The Kier molecular flexibility index (Phi) is 5.84. The molecule has 3 aromatic rings. The highest BCUT2D eigenvalue weighted by molar-refractivity contribution is 14.1. The van der Waals surface area contributed by atoms with E-state index in [9.17, 15) is 5.26 Å². The summed E-state index contributed by atoms with van der Waals surface area (Å²) in [6.45, 7) is 2.61. The molecule has 0 radical (unpaired) electrons. The predicted octanol–water partition coefficient (Wildman–Crippen LogP) is 5.88. The number of halogens is 1. The summed E-state index contributed by atoms with van der Waals surface area (Å²) in [6.07, 6.45) is 1.87. The molecule has 0 fully saturated rings. The Labute approximate surface area is 164 Å². The van der Waals surface area contributed by atoms with Crippen LogP contribution in [-0.2, 0) is 0 Å². The van der Waals surface area contributed by atoms with Crippen LogP contribution < -0.4 is 4.74 Å². The highest BCUT2D eigenvalue weighted by Crippen LogP contribution is 2.28. The molecule has 0 amide bonds. The largest absolute Gasteiger partial charge is 0.494 e. The van der Waals surface area contributed by atoms with E-state index in [1.54, 1.807) is 0 Å². The van der Waals surface area contributed by atoms with Crippen LogP contribution in [0, 0.1) is 14.9 Å². The fourth-order valence-electron chi connectivity index (χ4n) is 2.29. The highest BCUT2D eigenvalue weighted by Gasteiger charge is 2.09. The Bertz CT molecular complexity index is 922. The van der Waals surface area contributed by atoms with Crippen molar-refractivity contribution in [3.63, 3.8) is 0 Å². The molecule has 0 bridgehead atoms. The molecule has 3 nitrogen and oxygen atoms in total. The van der Waals surface area contributed by atoms with E-state index in [0.29, 0.717) is 12.2 Å². The third-order valence-corrected chi connectivity index (χ3v) is 5.09. The molecule has 0 aliphatic heterocycles. The van der Waals surface area contributed by atoms with E-state index in [-0.39, 0.29) is 0 Å². The topological polar surface area (TPSA) is 45.9 Å². The van der Waals surface area contributed by atoms with E-state index < -0.39 is 0 Å². The van der Waals surface area contributed by atoms with Gasteiger partial charge in [-0.3, -0.25) is 0 Å². The number of hydrogen-bond donors (Lipinski definition) is 0. The highest BCUT2D eigenvalue weighted by atomic mass is 127. The zero-order valence-electron chi connectivity index (χ0n) is 13.6. The molecule has 0 spiro atoms. The fourth-order valence-corrected chi connectivity index (χ4v) is 3.44. The van der Waals surface area contributed by atoms with Crippen LogP contribution in [0.25, 0.3) is 22.9 Å². The third-order valence-electron chi connectivity index (χ3n) is 3.50. The van der Waals surface area contributed by atoms with Crippen molar-refractivity contribution in [2.24, 2.45) is 0 Å². The summed E-state index contributed by atoms with van der Waals surface area (Å²) in [5.74, 6) is 0.845.